The van der Waals surface area contributed by atoms with Crippen LogP contribution in [0.25, 0.3) is 0 Å². The highest BCUT2D eigenvalue weighted by Crippen LogP contribution is 2.25. The molecule has 0 bridgehead atoms. The first kappa shape index (κ1) is 12.6. The van der Waals surface area contributed by atoms with Crippen molar-refractivity contribution in [1.29, 1.82) is 0 Å². The van der Waals surface area contributed by atoms with Gasteiger partial charge in [0.2, 0.25) is 0 Å². The van der Waals surface area contributed by atoms with Gasteiger partial charge in [0, 0.05) is 19.2 Å². The predicted molar refractivity (Wildman–Crippen MR) is 69.4 cm³/mol. The van der Waals surface area contributed by atoms with E-state index in [0.717, 1.165) is 36.2 Å². The molecule has 1 N–H and O–H groups in total. The lowest BCUT2D eigenvalue weighted by atomic mass is 9.99. The lowest BCUT2D eigenvalue weighted by Gasteiger charge is -2.35. The van der Waals surface area contributed by atoms with Crippen LogP contribution in [0.3, 0.4) is 0 Å². The normalized spacial score (nSPS) is 20.6. The van der Waals surface area contributed by atoms with Gasteiger partial charge in [-0.3, -0.25) is 4.79 Å². The fourth-order valence-corrected chi connectivity index (χ4v) is 3.32. The average molecular weight is 253 g/mol. The Labute approximate surface area is 106 Å². The van der Waals surface area contributed by atoms with Crippen molar-refractivity contribution in [2.24, 2.45) is 0 Å². The highest BCUT2D eigenvalue weighted by Gasteiger charge is 2.28. The first-order valence-electron chi connectivity index (χ1n) is 6.20. The van der Waals surface area contributed by atoms with Crippen LogP contribution in [0, 0.1) is 6.92 Å². The summed E-state index contributed by atoms with van der Waals surface area (Å²) in [6, 6.07) is 2.21. The number of carbonyl (C=O) groups excluding carboxylic acids is 1. The maximum atomic E-state index is 12.4. The van der Waals surface area contributed by atoms with E-state index in [2.05, 4.69) is 0 Å². The molecule has 1 saturated heterocycles. The van der Waals surface area contributed by atoms with Gasteiger partial charge < -0.3 is 10.0 Å². The van der Waals surface area contributed by atoms with Gasteiger partial charge in [-0.15, -0.1) is 11.3 Å². The molecule has 0 aromatic carbocycles. The van der Waals surface area contributed by atoms with Crippen molar-refractivity contribution in [3.63, 3.8) is 0 Å². The molecule has 3 nitrogen and oxygen atoms in total. The molecule has 1 atom stereocenters. The molecular weight excluding hydrogens is 234 g/mol. The Morgan fingerprint density at radius 1 is 1.59 bits per heavy atom. The highest BCUT2D eigenvalue weighted by atomic mass is 32.1. The van der Waals surface area contributed by atoms with Gasteiger partial charge in [-0.1, -0.05) is 0 Å². The molecule has 1 aliphatic heterocycles. The van der Waals surface area contributed by atoms with E-state index >= 15 is 0 Å². The van der Waals surface area contributed by atoms with Gasteiger partial charge in [-0.25, -0.2) is 0 Å². The van der Waals surface area contributed by atoms with Gasteiger partial charge in [0.1, 0.15) is 0 Å². The second kappa shape index (κ2) is 5.65. The van der Waals surface area contributed by atoms with Crippen LogP contribution >= 0.6 is 11.3 Å². The van der Waals surface area contributed by atoms with E-state index in [9.17, 15) is 4.79 Å². The second-order valence-electron chi connectivity index (χ2n) is 4.59. The molecule has 1 aromatic heterocycles. The number of amides is 1. The number of aliphatic hydroxyl groups is 1. The third kappa shape index (κ3) is 2.69. The zero-order valence-electron chi connectivity index (χ0n) is 10.2. The van der Waals surface area contributed by atoms with Crippen LogP contribution in [0.2, 0.25) is 0 Å². The Balaban J connectivity index is 2.14. The van der Waals surface area contributed by atoms with Gasteiger partial charge in [-0.05, 0) is 49.6 Å². The number of carbonyl (C=O) groups is 1. The number of piperidine rings is 1. The van der Waals surface area contributed by atoms with Crippen LogP contribution < -0.4 is 0 Å². The molecule has 94 valence electrons. The van der Waals surface area contributed by atoms with Gasteiger partial charge in [-0.2, -0.15) is 0 Å². The summed E-state index contributed by atoms with van der Waals surface area (Å²) in [5.74, 6) is 0.149. The molecule has 1 fully saturated rings. The maximum Gasteiger partial charge on any atom is 0.264 e. The van der Waals surface area contributed by atoms with Crippen LogP contribution in [-0.4, -0.2) is 35.1 Å². The molecule has 4 heteroatoms. The molecule has 1 amide bonds. The third-order valence-electron chi connectivity index (χ3n) is 3.41. The standard InChI is InChI=1S/C13H19NO2S/c1-10-6-9-17-12(10)13(16)14-7-3-2-4-11(14)5-8-15/h6,9,11,15H,2-5,7-8H2,1H3. The summed E-state index contributed by atoms with van der Waals surface area (Å²) in [5, 5.41) is 11.0. The van der Waals surface area contributed by atoms with Gasteiger partial charge in [0.15, 0.2) is 0 Å². The van der Waals surface area contributed by atoms with Crippen molar-refractivity contribution in [2.45, 2.75) is 38.6 Å². The summed E-state index contributed by atoms with van der Waals surface area (Å²) in [7, 11) is 0. The van der Waals surface area contributed by atoms with E-state index in [1.165, 1.54) is 11.3 Å². The molecular formula is C13H19NO2S. The Kier molecular flexibility index (Phi) is 4.18. The summed E-state index contributed by atoms with van der Waals surface area (Å²) in [5.41, 5.74) is 1.06. The molecule has 0 saturated carbocycles. The molecule has 1 aliphatic rings. The number of aliphatic hydroxyl groups excluding tert-OH is 1. The Hall–Kier alpha value is -0.870. The zero-order valence-corrected chi connectivity index (χ0v) is 11.0. The summed E-state index contributed by atoms with van der Waals surface area (Å²) in [6.07, 6.45) is 3.98. The summed E-state index contributed by atoms with van der Waals surface area (Å²) in [6.45, 7) is 2.98. The minimum Gasteiger partial charge on any atom is -0.396 e. The predicted octanol–water partition coefficient (Wildman–Crippen LogP) is 2.43. The average Bonchev–Trinajstić information content (AvgIpc) is 2.76. The molecule has 1 aromatic rings. The van der Waals surface area contributed by atoms with Crippen LogP contribution in [0.4, 0.5) is 0 Å². The lowest BCUT2D eigenvalue weighted by Crippen LogP contribution is -2.44. The van der Waals surface area contributed by atoms with Crippen LogP contribution in [0.5, 0.6) is 0 Å². The molecule has 0 spiro atoms. The lowest BCUT2D eigenvalue weighted by molar-refractivity contribution is 0.0579. The fourth-order valence-electron chi connectivity index (χ4n) is 2.44. The van der Waals surface area contributed by atoms with Crippen LogP contribution in [0.15, 0.2) is 11.4 Å². The Morgan fingerprint density at radius 2 is 2.41 bits per heavy atom. The number of rotatable bonds is 3. The second-order valence-corrected chi connectivity index (χ2v) is 5.51. The minimum atomic E-state index is 0.149. The summed E-state index contributed by atoms with van der Waals surface area (Å²) < 4.78 is 0. The molecule has 0 aliphatic carbocycles. The number of nitrogens with zero attached hydrogens (tertiary/aromatic N) is 1. The van der Waals surface area contributed by atoms with Crippen molar-refractivity contribution in [3.05, 3.63) is 21.9 Å². The highest BCUT2D eigenvalue weighted by molar-refractivity contribution is 7.12. The molecule has 17 heavy (non-hydrogen) atoms. The number of thiophene rings is 1. The van der Waals surface area contributed by atoms with Gasteiger partial charge in [0.05, 0.1) is 4.88 Å². The SMILES string of the molecule is Cc1ccsc1C(=O)N1CCCCC1CCO. The number of likely N-dealkylation sites (tertiary alicyclic amines) is 1. The monoisotopic (exact) mass is 253 g/mol. The molecule has 2 rings (SSSR count). The minimum absolute atomic E-state index is 0.149. The molecule has 2 heterocycles. The number of hydrogen-bond acceptors (Lipinski definition) is 3. The van der Waals surface area contributed by atoms with Gasteiger partial charge >= 0.3 is 0 Å². The molecule has 1 unspecified atom stereocenters. The Bertz CT molecular complexity index is 387. The first-order chi connectivity index (χ1) is 8.24. The van der Waals surface area contributed by atoms with Crippen molar-refractivity contribution in [1.82, 2.24) is 4.90 Å². The van der Waals surface area contributed by atoms with Crippen molar-refractivity contribution >= 4 is 17.2 Å². The first-order valence-corrected chi connectivity index (χ1v) is 7.08. The third-order valence-corrected chi connectivity index (χ3v) is 4.41. The van der Waals surface area contributed by atoms with E-state index < -0.39 is 0 Å². The number of hydrogen-bond donors (Lipinski definition) is 1. The van der Waals surface area contributed by atoms with Crippen LogP contribution in [-0.2, 0) is 0 Å². The van der Waals surface area contributed by atoms with Crippen LogP contribution in [0.1, 0.15) is 40.9 Å². The topological polar surface area (TPSA) is 40.5 Å². The largest absolute Gasteiger partial charge is 0.396 e. The van der Waals surface area contributed by atoms with E-state index in [4.69, 9.17) is 5.11 Å². The Morgan fingerprint density at radius 3 is 3.06 bits per heavy atom. The van der Waals surface area contributed by atoms with Crippen molar-refractivity contribution in [3.8, 4) is 0 Å². The maximum absolute atomic E-state index is 12.4. The summed E-state index contributed by atoms with van der Waals surface area (Å²) >= 11 is 1.52. The van der Waals surface area contributed by atoms with E-state index in [1.807, 2.05) is 23.3 Å². The zero-order chi connectivity index (χ0) is 12.3. The van der Waals surface area contributed by atoms with Gasteiger partial charge in [0.25, 0.3) is 5.91 Å². The quantitative estimate of drug-likeness (QED) is 0.898. The van der Waals surface area contributed by atoms with Crippen molar-refractivity contribution in [2.75, 3.05) is 13.2 Å². The number of aryl methyl sites for hydroxylation is 1. The van der Waals surface area contributed by atoms with E-state index in [0.29, 0.717) is 6.42 Å². The molecule has 0 radical (unpaired) electrons. The van der Waals surface area contributed by atoms with E-state index in [1.54, 1.807) is 0 Å². The van der Waals surface area contributed by atoms with Crippen molar-refractivity contribution < 1.29 is 9.90 Å². The fraction of sp³-hybridized carbons (Fsp3) is 0.615. The smallest absolute Gasteiger partial charge is 0.264 e. The summed E-state index contributed by atoms with van der Waals surface area (Å²) in [4.78, 5) is 15.2. The van der Waals surface area contributed by atoms with E-state index in [-0.39, 0.29) is 18.6 Å².